The van der Waals surface area contributed by atoms with Gasteiger partial charge in [-0.25, -0.2) is 4.57 Å². The molecule has 0 aliphatic rings. The summed E-state index contributed by atoms with van der Waals surface area (Å²) in [6.07, 6.45) is 0. The molecule has 45 heavy (non-hydrogen) atoms. The quantitative estimate of drug-likeness (QED) is 0.176. The largest absolute Gasteiger partial charge is 0.268 e. The molecule has 0 aliphatic heterocycles. The van der Waals surface area contributed by atoms with Gasteiger partial charge in [0.15, 0.2) is 0 Å². The molecule has 0 radical (unpaired) electrons. The number of aryl methyl sites for hydroxylation is 2. The highest BCUT2D eigenvalue weighted by Gasteiger charge is 2.21. The minimum atomic E-state index is -0.323. The molecule has 8 rings (SSSR count). The van der Waals surface area contributed by atoms with Gasteiger partial charge in [-0.3, -0.25) is 9.59 Å². The number of halogens is 2. The first-order chi connectivity index (χ1) is 21.7. The van der Waals surface area contributed by atoms with Crippen molar-refractivity contribution in [2.24, 2.45) is 0 Å². The van der Waals surface area contributed by atoms with Crippen molar-refractivity contribution in [1.29, 1.82) is 0 Å². The van der Waals surface area contributed by atoms with Gasteiger partial charge in [-0.2, -0.15) is 0 Å². The van der Waals surface area contributed by atoms with Crippen LogP contribution in [0.4, 0.5) is 0 Å². The molecule has 0 saturated carbocycles. The predicted molar refractivity (Wildman–Crippen MR) is 202 cm³/mol. The maximum atomic E-state index is 14.0. The number of para-hydroxylation sites is 1. The van der Waals surface area contributed by atoms with Crippen molar-refractivity contribution in [2.75, 3.05) is 0 Å². The molecule has 0 atom stereocenters. The second kappa shape index (κ2) is 11.4. The average molecular weight is 737 g/mol. The van der Waals surface area contributed by atoms with Gasteiger partial charge in [-0.15, -0.1) is 68.0 Å². The van der Waals surface area contributed by atoms with Crippen molar-refractivity contribution in [1.82, 2.24) is 4.57 Å². The Morgan fingerprint density at radius 1 is 0.533 bits per heavy atom. The van der Waals surface area contributed by atoms with Crippen LogP contribution in [0.25, 0.3) is 64.9 Å². The number of fused-ring (bicyclic) bond motifs is 3. The summed E-state index contributed by atoms with van der Waals surface area (Å²) in [5.41, 5.74) is -0.0662. The summed E-state index contributed by atoms with van der Waals surface area (Å²) >= 11 is 23.1. The van der Waals surface area contributed by atoms with E-state index >= 15 is 0 Å². The summed E-state index contributed by atoms with van der Waals surface area (Å²) < 4.78 is 2.95. The van der Waals surface area contributed by atoms with Gasteiger partial charge < -0.3 is 0 Å². The van der Waals surface area contributed by atoms with E-state index in [9.17, 15) is 9.59 Å². The molecular weight excluding hydrogens is 718 g/mol. The van der Waals surface area contributed by atoms with Crippen LogP contribution in [0, 0.1) is 13.8 Å². The van der Waals surface area contributed by atoms with E-state index in [4.69, 9.17) is 23.2 Å². The van der Waals surface area contributed by atoms with Gasteiger partial charge in [-0.05, 0) is 74.5 Å². The zero-order valence-electron chi connectivity index (χ0n) is 23.5. The molecule has 8 aromatic rings. The molecule has 3 nitrogen and oxygen atoms in total. The lowest BCUT2D eigenvalue weighted by Gasteiger charge is -2.01. The molecule has 7 aromatic heterocycles. The van der Waals surface area contributed by atoms with Crippen molar-refractivity contribution in [3.63, 3.8) is 0 Å². The van der Waals surface area contributed by atoms with Crippen LogP contribution in [0.3, 0.4) is 0 Å². The topological polar surface area (TPSA) is 39.1 Å². The van der Waals surface area contributed by atoms with Crippen molar-refractivity contribution in [3.05, 3.63) is 119 Å². The Kier molecular flexibility index (Phi) is 7.50. The Morgan fingerprint density at radius 2 is 1.09 bits per heavy atom. The van der Waals surface area contributed by atoms with Gasteiger partial charge in [0, 0.05) is 43.9 Å². The van der Waals surface area contributed by atoms with Gasteiger partial charge in [0.2, 0.25) is 0 Å². The van der Waals surface area contributed by atoms with Gasteiger partial charge >= 0.3 is 0 Å². The maximum Gasteiger partial charge on any atom is 0.266 e. The molecular formula is C34H19Cl2NO2S6. The van der Waals surface area contributed by atoms with Crippen LogP contribution in [0.2, 0.25) is 10.0 Å². The standard InChI is InChI=1S/C34H19Cl2NO2S6/c1-16-12-19-30(40-16)31-20(34(39)37(33(19)38)18-6-4-3-5-7-18)13-29(45-31)32-22(36)15-28(44-32)26-11-9-24(43-26)23-8-10-25(42-23)27-14-21(35)17(2)41-27/h3-15H,1-2H3. The summed E-state index contributed by atoms with van der Waals surface area (Å²) in [4.78, 5) is 38.7. The summed E-state index contributed by atoms with van der Waals surface area (Å²) in [5.74, 6) is 0. The van der Waals surface area contributed by atoms with Gasteiger partial charge in [-0.1, -0.05) is 41.4 Å². The average Bonchev–Trinajstić information content (AvgIpc) is 3.86. The van der Waals surface area contributed by atoms with Crippen LogP contribution < -0.4 is 11.1 Å². The molecule has 7 heterocycles. The van der Waals surface area contributed by atoms with Crippen molar-refractivity contribution < 1.29 is 0 Å². The first kappa shape index (κ1) is 29.5. The SMILES string of the molecule is Cc1cc2c(=O)n(-c3ccccc3)c(=O)c3cc(-c4sc(-c5ccc(-c6ccc(-c7cc(Cl)c(C)s7)s6)s5)cc4Cl)sc3c2s1. The maximum absolute atomic E-state index is 14.0. The van der Waals surface area contributed by atoms with Crippen LogP contribution >= 0.6 is 91.2 Å². The van der Waals surface area contributed by atoms with E-state index in [1.165, 1.54) is 35.4 Å². The number of hydrogen-bond donors (Lipinski definition) is 0. The van der Waals surface area contributed by atoms with E-state index in [1.54, 1.807) is 68.8 Å². The van der Waals surface area contributed by atoms with Gasteiger partial charge in [0.1, 0.15) is 0 Å². The lowest BCUT2D eigenvalue weighted by atomic mass is 10.3. The molecule has 222 valence electrons. The van der Waals surface area contributed by atoms with Crippen molar-refractivity contribution in [2.45, 2.75) is 13.8 Å². The molecule has 0 N–H and O–H groups in total. The highest BCUT2D eigenvalue weighted by molar-refractivity contribution is 7.32. The molecule has 1 aromatic carbocycles. The van der Waals surface area contributed by atoms with E-state index in [0.717, 1.165) is 43.7 Å². The Morgan fingerprint density at radius 3 is 1.71 bits per heavy atom. The zero-order chi connectivity index (χ0) is 31.0. The van der Waals surface area contributed by atoms with Crippen LogP contribution in [0.15, 0.2) is 88.5 Å². The van der Waals surface area contributed by atoms with Crippen LogP contribution in [0.5, 0.6) is 0 Å². The monoisotopic (exact) mass is 735 g/mol. The number of benzene rings is 1. The first-order valence-corrected chi connectivity index (χ1v) is 19.4. The van der Waals surface area contributed by atoms with Crippen LogP contribution in [0.1, 0.15) is 9.75 Å². The van der Waals surface area contributed by atoms with Crippen molar-refractivity contribution >= 4 is 111 Å². The van der Waals surface area contributed by atoms with E-state index in [-0.39, 0.29) is 11.1 Å². The number of aromatic nitrogens is 1. The molecule has 0 aliphatic carbocycles. The molecule has 11 heteroatoms. The lowest BCUT2D eigenvalue weighted by Crippen LogP contribution is -2.28. The van der Waals surface area contributed by atoms with E-state index < -0.39 is 0 Å². The van der Waals surface area contributed by atoms with Gasteiger partial charge in [0.05, 0.1) is 40.8 Å². The Hall–Kier alpha value is -2.86. The van der Waals surface area contributed by atoms with E-state index in [2.05, 4.69) is 24.3 Å². The second-order valence-corrected chi connectivity index (χ2v) is 18.0. The second-order valence-electron chi connectivity index (χ2n) is 10.4. The summed E-state index contributed by atoms with van der Waals surface area (Å²) in [6.45, 7) is 4.03. The molecule has 0 spiro atoms. The normalized spacial score (nSPS) is 11.7. The van der Waals surface area contributed by atoms with E-state index in [0.29, 0.717) is 21.5 Å². The third-order valence-electron chi connectivity index (χ3n) is 7.38. The molecule has 0 bridgehead atoms. The molecule has 0 amide bonds. The van der Waals surface area contributed by atoms with Gasteiger partial charge in [0.25, 0.3) is 11.1 Å². The van der Waals surface area contributed by atoms with Crippen LogP contribution in [-0.4, -0.2) is 4.57 Å². The minimum absolute atomic E-state index is 0.299. The third-order valence-corrected chi connectivity index (χ3v) is 15.8. The van der Waals surface area contributed by atoms with Crippen molar-refractivity contribution in [3.8, 4) is 44.7 Å². The molecule has 0 fully saturated rings. The summed E-state index contributed by atoms with van der Waals surface area (Å²) in [5, 5.41) is 2.54. The Labute approximate surface area is 291 Å². The number of nitrogens with zero attached hydrogens (tertiary/aromatic N) is 1. The fourth-order valence-corrected chi connectivity index (χ4v) is 12.7. The molecule has 0 saturated heterocycles. The molecule has 0 unspecified atom stereocenters. The van der Waals surface area contributed by atoms with Crippen LogP contribution in [-0.2, 0) is 0 Å². The smallest absolute Gasteiger partial charge is 0.266 e. The fraction of sp³-hybridized carbons (Fsp3) is 0.0588. The number of hydrogen-bond acceptors (Lipinski definition) is 8. The Balaban J connectivity index is 1.21. The number of rotatable bonds is 5. The number of thiophene rings is 6. The summed E-state index contributed by atoms with van der Waals surface area (Å²) in [6, 6.07) is 25.6. The highest BCUT2D eigenvalue weighted by atomic mass is 35.5. The fourth-order valence-electron chi connectivity index (χ4n) is 5.26. The summed E-state index contributed by atoms with van der Waals surface area (Å²) in [7, 11) is 0. The lowest BCUT2D eigenvalue weighted by molar-refractivity contribution is 0.976. The predicted octanol–water partition coefficient (Wildman–Crippen LogP) is 12.5. The third kappa shape index (κ3) is 5.10. The zero-order valence-corrected chi connectivity index (χ0v) is 29.9. The highest BCUT2D eigenvalue weighted by Crippen LogP contribution is 2.49. The minimum Gasteiger partial charge on any atom is -0.268 e. The van der Waals surface area contributed by atoms with E-state index in [1.807, 2.05) is 56.3 Å². The Bertz CT molecular complexity index is 2520. The first-order valence-electron chi connectivity index (χ1n) is 13.7.